The number of sulfonamides is 1. The molecule has 0 unspecified atom stereocenters. The Kier molecular flexibility index (Phi) is 7.54. The van der Waals surface area contributed by atoms with E-state index in [0.29, 0.717) is 5.75 Å². The molecule has 1 aliphatic rings. The average Bonchev–Trinajstić information content (AvgIpc) is 3.15. The SMILES string of the molecule is COCCNC(=O)C(=O)NC[C@H]1OCCN1S(=O)(=O)c1ccc(OC)cc1. The summed E-state index contributed by atoms with van der Waals surface area (Å²) in [6.07, 6.45) is -0.896. The molecule has 1 aromatic carbocycles. The van der Waals surface area contributed by atoms with Gasteiger partial charge in [0.05, 0.1) is 31.8 Å². The normalized spacial score (nSPS) is 17.5. The van der Waals surface area contributed by atoms with Crippen LogP contribution in [0.2, 0.25) is 0 Å². The quantitative estimate of drug-likeness (QED) is 0.420. The van der Waals surface area contributed by atoms with E-state index < -0.39 is 28.1 Å². The van der Waals surface area contributed by atoms with Crippen LogP contribution in [0, 0.1) is 0 Å². The van der Waals surface area contributed by atoms with Gasteiger partial charge in [0.2, 0.25) is 10.0 Å². The zero-order valence-electron chi connectivity index (χ0n) is 15.1. The Bertz CT molecular complexity index is 752. The van der Waals surface area contributed by atoms with Gasteiger partial charge in [-0.05, 0) is 24.3 Å². The summed E-state index contributed by atoms with van der Waals surface area (Å²) in [5.41, 5.74) is 0. The van der Waals surface area contributed by atoms with Crippen LogP contribution in [0.3, 0.4) is 0 Å². The molecule has 2 rings (SSSR count). The van der Waals surface area contributed by atoms with Crippen LogP contribution in [0.4, 0.5) is 0 Å². The molecule has 1 atom stereocenters. The first kappa shape index (κ1) is 21.1. The predicted octanol–water partition coefficient (Wildman–Crippen LogP) is -1.08. The van der Waals surface area contributed by atoms with Crippen molar-refractivity contribution in [3.05, 3.63) is 24.3 Å². The number of nitrogens with one attached hydrogen (secondary N) is 2. The fourth-order valence-electron chi connectivity index (χ4n) is 2.43. The van der Waals surface area contributed by atoms with E-state index in [4.69, 9.17) is 14.2 Å². The summed E-state index contributed by atoms with van der Waals surface area (Å²) in [5.74, 6) is -1.16. The van der Waals surface area contributed by atoms with Crippen LogP contribution in [0.1, 0.15) is 0 Å². The fraction of sp³-hybridized carbons (Fsp3) is 0.500. The lowest BCUT2D eigenvalue weighted by molar-refractivity contribution is -0.139. The van der Waals surface area contributed by atoms with Crippen LogP contribution in [-0.2, 0) is 29.1 Å². The second kappa shape index (κ2) is 9.65. The summed E-state index contributed by atoms with van der Waals surface area (Å²) in [5, 5.41) is 4.76. The summed E-state index contributed by atoms with van der Waals surface area (Å²) in [4.78, 5) is 23.5. The van der Waals surface area contributed by atoms with Crippen LogP contribution in [-0.4, -0.2) is 77.8 Å². The molecule has 0 aliphatic carbocycles. The number of benzene rings is 1. The van der Waals surface area contributed by atoms with E-state index >= 15 is 0 Å². The molecule has 2 amide bonds. The van der Waals surface area contributed by atoms with Crippen LogP contribution in [0.5, 0.6) is 5.75 Å². The Morgan fingerprint density at radius 2 is 1.85 bits per heavy atom. The highest BCUT2D eigenvalue weighted by molar-refractivity contribution is 7.89. The smallest absolute Gasteiger partial charge is 0.309 e. The van der Waals surface area contributed by atoms with Gasteiger partial charge >= 0.3 is 11.8 Å². The molecule has 0 bridgehead atoms. The number of amides is 2. The van der Waals surface area contributed by atoms with Crippen molar-refractivity contribution in [1.82, 2.24) is 14.9 Å². The van der Waals surface area contributed by atoms with Crippen LogP contribution >= 0.6 is 0 Å². The highest BCUT2D eigenvalue weighted by Gasteiger charge is 2.36. The van der Waals surface area contributed by atoms with E-state index in [1.165, 1.54) is 26.4 Å². The minimum Gasteiger partial charge on any atom is -0.497 e. The van der Waals surface area contributed by atoms with Gasteiger partial charge in [-0.2, -0.15) is 4.31 Å². The summed E-state index contributed by atoms with van der Waals surface area (Å²) >= 11 is 0. The number of rotatable bonds is 8. The zero-order chi connectivity index (χ0) is 19.9. The van der Waals surface area contributed by atoms with Crippen molar-refractivity contribution in [1.29, 1.82) is 0 Å². The largest absolute Gasteiger partial charge is 0.497 e. The maximum absolute atomic E-state index is 12.8. The number of methoxy groups -OCH3 is 2. The lowest BCUT2D eigenvalue weighted by atomic mass is 10.3. The highest BCUT2D eigenvalue weighted by Crippen LogP contribution is 2.23. The first-order chi connectivity index (χ1) is 12.9. The van der Waals surface area contributed by atoms with Crippen molar-refractivity contribution < 1.29 is 32.2 Å². The zero-order valence-corrected chi connectivity index (χ0v) is 16.0. The van der Waals surface area contributed by atoms with E-state index in [1.54, 1.807) is 12.1 Å². The van der Waals surface area contributed by atoms with E-state index in [2.05, 4.69) is 10.6 Å². The minimum atomic E-state index is -3.81. The van der Waals surface area contributed by atoms with Crippen molar-refractivity contribution >= 4 is 21.8 Å². The Morgan fingerprint density at radius 1 is 1.19 bits per heavy atom. The molecule has 1 fully saturated rings. The molecule has 1 aliphatic heterocycles. The number of hydrogen-bond donors (Lipinski definition) is 2. The lowest BCUT2D eigenvalue weighted by Gasteiger charge is -2.22. The molecular formula is C16H23N3O7S. The van der Waals surface area contributed by atoms with Crippen molar-refractivity contribution in [2.75, 3.05) is 47.1 Å². The van der Waals surface area contributed by atoms with Gasteiger partial charge in [0.15, 0.2) is 0 Å². The fourth-order valence-corrected chi connectivity index (χ4v) is 3.94. The van der Waals surface area contributed by atoms with Crippen LogP contribution in [0.25, 0.3) is 0 Å². The molecule has 0 aromatic heterocycles. The molecule has 11 heteroatoms. The molecule has 10 nitrogen and oxygen atoms in total. The van der Waals surface area contributed by atoms with Crippen LogP contribution < -0.4 is 15.4 Å². The van der Waals surface area contributed by atoms with E-state index in [9.17, 15) is 18.0 Å². The lowest BCUT2D eigenvalue weighted by Crippen LogP contribution is -2.47. The van der Waals surface area contributed by atoms with Gasteiger partial charge < -0.3 is 24.8 Å². The van der Waals surface area contributed by atoms with E-state index in [1.807, 2.05) is 0 Å². The van der Waals surface area contributed by atoms with Crippen LogP contribution in [0.15, 0.2) is 29.2 Å². The molecular weight excluding hydrogens is 378 g/mol. The summed E-state index contributed by atoms with van der Waals surface area (Å²) in [6, 6.07) is 5.96. The Balaban J connectivity index is 1.97. The van der Waals surface area contributed by atoms with Gasteiger partial charge in [0.25, 0.3) is 0 Å². The monoisotopic (exact) mass is 401 g/mol. The number of nitrogens with zero attached hydrogens (tertiary/aromatic N) is 1. The minimum absolute atomic E-state index is 0.0856. The summed E-state index contributed by atoms with van der Waals surface area (Å²) < 4.78 is 41.9. The molecule has 0 radical (unpaired) electrons. The molecule has 0 saturated carbocycles. The van der Waals surface area contributed by atoms with Gasteiger partial charge in [-0.15, -0.1) is 0 Å². The van der Waals surface area contributed by atoms with E-state index in [-0.39, 0.29) is 37.7 Å². The first-order valence-corrected chi connectivity index (χ1v) is 9.66. The standard InChI is InChI=1S/C16H23N3O7S/c1-24-9-7-17-15(20)16(21)18-11-14-19(8-10-26-14)27(22,23)13-5-3-12(25-2)4-6-13/h3-6,14H,7-11H2,1-2H3,(H,17,20)(H,18,21)/t14-/m1/s1. The summed E-state index contributed by atoms with van der Waals surface area (Å²) in [6.45, 7) is 0.663. The van der Waals surface area contributed by atoms with Crippen molar-refractivity contribution in [3.63, 3.8) is 0 Å². The third-order valence-electron chi connectivity index (χ3n) is 3.84. The number of carbonyl (C=O) groups is 2. The third kappa shape index (κ3) is 5.39. The maximum Gasteiger partial charge on any atom is 0.309 e. The average molecular weight is 401 g/mol. The van der Waals surface area contributed by atoms with Crippen molar-refractivity contribution in [2.24, 2.45) is 0 Å². The van der Waals surface area contributed by atoms with Crippen molar-refractivity contribution in [2.45, 2.75) is 11.1 Å². The van der Waals surface area contributed by atoms with Gasteiger partial charge in [-0.3, -0.25) is 9.59 Å². The Hall–Kier alpha value is -2.21. The Morgan fingerprint density at radius 3 is 2.48 bits per heavy atom. The topological polar surface area (TPSA) is 123 Å². The van der Waals surface area contributed by atoms with Gasteiger partial charge in [-0.1, -0.05) is 0 Å². The highest BCUT2D eigenvalue weighted by atomic mass is 32.2. The number of hydrogen-bond acceptors (Lipinski definition) is 7. The molecule has 2 N–H and O–H groups in total. The predicted molar refractivity (Wildman–Crippen MR) is 94.5 cm³/mol. The second-order valence-electron chi connectivity index (χ2n) is 5.58. The summed E-state index contributed by atoms with van der Waals surface area (Å²) in [7, 11) is -0.852. The van der Waals surface area contributed by atoms with E-state index in [0.717, 1.165) is 4.31 Å². The molecule has 1 saturated heterocycles. The molecule has 1 aromatic rings. The second-order valence-corrected chi connectivity index (χ2v) is 7.47. The number of carbonyl (C=O) groups excluding carboxylic acids is 2. The Labute approximate surface area is 157 Å². The molecule has 0 spiro atoms. The first-order valence-electron chi connectivity index (χ1n) is 8.22. The number of ether oxygens (including phenoxy) is 3. The molecule has 150 valence electrons. The van der Waals surface area contributed by atoms with Gasteiger partial charge in [-0.25, -0.2) is 8.42 Å². The maximum atomic E-state index is 12.8. The van der Waals surface area contributed by atoms with Gasteiger partial charge in [0, 0.05) is 20.2 Å². The van der Waals surface area contributed by atoms with Gasteiger partial charge in [0.1, 0.15) is 12.0 Å². The molecule has 27 heavy (non-hydrogen) atoms. The third-order valence-corrected chi connectivity index (χ3v) is 5.75. The van der Waals surface area contributed by atoms with Crippen molar-refractivity contribution in [3.8, 4) is 5.75 Å². The molecule has 1 heterocycles.